The average molecular weight is 377 g/mol. The normalized spacial score (nSPS) is 11.1. The first kappa shape index (κ1) is 15.2. The van der Waals surface area contributed by atoms with Gasteiger partial charge in [-0.25, -0.2) is 4.98 Å². The van der Waals surface area contributed by atoms with E-state index < -0.39 is 0 Å². The van der Waals surface area contributed by atoms with Crippen molar-refractivity contribution in [1.29, 1.82) is 0 Å². The Kier molecular flexibility index (Phi) is 3.95. The number of hydrogen-bond donors (Lipinski definition) is 0. The molecule has 3 aromatic carbocycles. The molecule has 0 unspecified atom stereocenters. The Morgan fingerprint density at radius 1 is 0.875 bits per heavy atom. The van der Waals surface area contributed by atoms with Crippen LogP contribution in [0.1, 0.15) is 11.1 Å². The minimum Gasteiger partial charge on any atom is -0.319 e. The summed E-state index contributed by atoms with van der Waals surface area (Å²) < 4.78 is 3.33. The minimum atomic E-state index is 0.803. The Hall–Kier alpha value is -2.39. The van der Waals surface area contributed by atoms with Crippen LogP contribution in [0.5, 0.6) is 0 Å². The van der Waals surface area contributed by atoms with E-state index in [-0.39, 0.29) is 0 Å². The molecule has 0 aliphatic carbocycles. The second-order valence-corrected chi connectivity index (χ2v) is 6.78. The third-order valence-electron chi connectivity index (χ3n) is 4.30. The van der Waals surface area contributed by atoms with Gasteiger partial charge in [0, 0.05) is 16.6 Å². The van der Waals surface area contributed by atoms with Crippen LogP contribution in [0.4, 0.5) is 0 Å². The smallest absolute Gasteiger partial charge is 0.141 e. The molecule has 2 nitrogen and oxygen atoms in total. The van der Waals surface area contributed by atoms with E-state index in [1.54, 1.807) is 0 Å². The summed E-state index contributed by atoms with van der Waals surface area (Å²) in [6.07, 6.45) is 0. The van der Waals surface area contributed by atoms with Gasteiger partial charge < -0.3 is 4.57 Å². The number of benzene rings is 3. The van der Waals surface area contributed by atoms with Crippen LogP contribution >= 0.6 is 15.9 Å². The maximum atomic E-state index is 4.96. The molecule has 1 heterocycles. The summed E-state index contributed by atoms with van der Waals surface area (Å²) in [5.41, 5.74) is 5.83. The highest BCUT2D eigenvalue weighted by Crippen LogP contribution is 2.31. The fraction of sp³-hybridized carbons (Fsp3) is 0.0952. The molecule has 118 valence electrons. The van der Waals surface area contributed by atoms with Gasteiger partial charge in [0.1, 0.15) is 11.3 Å². The zero-order valence-corrected chi connectivity index (χ0v) is 15.0. The molecule has 4 rings (SSSR count). The van der Waals surface area contributed by atoms with Crippen molar-refractivity contribution >= 4 is 27.0 Å². The molecule has 0 radical (unpaired) electrons. The third kappa shape index (κ3) is 2.65. The van der Waals surface area contributed by atoms with E-state index >= 15 is 0 Å². The maximum Gasteiger partial charge on any atom is 0.141 e. The molecule has 0 amide bonds. The van der Waals surface area contributed by atoms with Gasteiger partial charge in [0.2, 0.25) is 0 Å². The van der Waals surface area contributed by atoms with Gasteiger partial charge in [-0.3, -0.25) is 0 Å². The van der Waals surface area contributed by atoms with Gasteiger partial charge in [0.25, 0.3) is 0 Å². The highest BCUT2D eigenvalue weighted by atomic mass is 79.9. The third-order valence-corrected chi connectivity index (χ3v) is 4.94. The van der Waals surface area contributed by atoms with Crippen molar-refractivity contribution in [3.05, 3.63) is 88.4 Å². The number of halogens is 1. The highest BCUT2D eigenvalue weighted by Gasteiger charge is 2.15. The number of para-hydroxylation sites is 1. The zero-order chi connectivity index (χ0) is 16.5. The van der Waals surface area contributed by atoms with E-state index in [9.17, 15) is 0 Å². The molecule has 0 spiro atoms. The van der Waals surface area contributed by atoms with E-state index in [4.69, 9.17) is 4.98 Å². The number of aryl methyl sites for hydroxylation is 1. The zero-order valence-electron chi connectivity index (χ0n) is 13.4. The second-order valence-electron chi connectivity index (χ2n) is 5.93. The topological polar surface area (TPSA) is 17.8 Å². The van der Waals surface area contributed by atoms with Crippen molar-refractivity contribution in [3.63, 3.8) is 0 Å². The van der Waals surface area contributed by atoms with Crippen LogP contribution in [-0.4, -0.2) is 9.55 Å². The van der Waals surface area contributed by atoms with Crippen LogP contribution in [0.2, 0.25) is 0 Å². The molecule has 3 heteroatoms. The van der Waals surface area contributed by atoms with Gasteiger partial charge in [0.05, 0.1) is 5.52 Å². The van der Waals surface area contributed by atoms with E-state index in [2.05, 4.69) is 88.1 Å². The van der Waals surface area contributed by atoms with Crippen LogP contribution in [0.25, 0.3) is 22.4 Å². The van der Waals surface area contributed by atoms with Crippen LogP contribution in [0.3, 0.4) is 0 Å². The van der Waals surface area contributed by atoms with Gasteiger partial charge in [-0.2, -0.15) is 0 Å². The number of rotatable bonds is 3. The van der Waals surface area contributed by atoms with Crippen LogP contribution in [0, 0.1) is 6.92 Å². The second kappa shape index (κ2) is 6.25. The van der Waals surface area contributed by atoms with Crippen molar-refractivity contribution < 1.29 is 0 Å². The standard InChI is InChI=1S/C21H17BrN2/c1-15-8-5-6-11-17(15)21-23-20-18(22)12-7-13-19(20)24(21)14-16-9-3-2-4-10-16/h2-13H,14H2,1H3. The van der Waals surface area contributed by atoms with E-state index in [1.165, 1.54) is 16.7 Å². The number of imidazole rings is 1. The summed E-state index contributed by atoms with van der Waals surface area (Å²) >= 11 is 3.65. The largest absolute Gasteiger partial charge is 0.319 e. The van der Waals surface area contributed by atoms with Crippen molar-refractivity contribution in [2.45, 2.75) is 13.5 Å². The lowest BCUT2D eigenvalue weighted by Gasteiger charge is -2.11. The molecule has 4 aromatic rings. The molecule has 0 saturated carbocycles. The Morgan fingerprint density at radius 3 is 2.42 bits per heavy atom. The van der Waals surface area contributed by atoms with Crippen molar-refractivity contribution in [2.24, 2.45) is 0 Å². The minimum absolute atomic E-state index is 0.803. The van der Waals surface area contributed by atoms with Gasteiger partial charge in [-0.1, -0.05) is 60.7 Å². The fourth-order valence-electron chi connectivity index (χ4n) is 3.07. The Balaban J connectivity index is 1.97. The van der Waals surface area contributed by atoms with Crippen LogP contribution in [-0.2, 0) is 6.54 Å². The first-order valence-corrected chi connectivity index (χ1v) is 8.78. The van der Waals surface area contributed by atoms with Crippen LogP contribution in [0.15, 0.2) is 77.3 Å². The Labute approximate surface area is 149 Å². The summed E-state index contributed by atoms with van der Waals surface area (Å²) in [6.45, 7) is 2.94. The van der Waals surface area contributed by atoms with Crippen molar-refractivity contribution in [3.8, 4) is 11.4 Å². The average Bonchev–Trinajstić information content (AvgIpc) is 2.96. The Bertz CT molecular complexity index is 1000. The number of nitrogens with zero attached hydrogens (tertiary/aromatic N) is 2. The summed E-state index contributed by atoms with van der Waals surface area (Å²) in [4.78, 5) is 4.96. The summed E-state index contributed by atoms with van der Waals surface area (Å²) in [7, 11) is 0. The molecule has 0 atom stereocenters. The van der Waals surface area contributed by atoms with E-state index in [1.807, 2.05) is 12.1 Å². The highest BCUT2D eigenvalue weighted by molar-refractivity contribution is 9.10. The summed E-state index contributed by atoms with van der Waals surface area (Å²) in [6, 6.07) is 25.2. The molecule has 24 heavy (non-hydrogen) atoms. The van der Waals surface area contributed by atoms with E-state index in [0.717, 1.165) is 27.9 Å². The summed E-state index contributed by atoms with van der Waals surface area (Å²) in [5, 5.41) is 0. The molecule has 0 bridgehead atoms. The predicted octanol–water partition coefficient (Wildman–Crippen LogP) is 5.82. The molecular formula is C21H17BrN2. The first-order valence-electron chi connectivity index (χ1n) is 7.99. The molecular weight excluding hydrogens is 360 g/mol. The number of hydrogen-bond acceptors (Lipinski definition) is 1. The Morgan fingerprint density at radius 2 is 1.62 bits per heavy atom. The monoisotopic (exact) mass is 376 g/mol. The maximum absolute atomic E-state index is 4.96. The molecule has 0 saturated heterocycles. The SMILES string of the molecule is Cc1ccccc1-c1nc2c(Br)cccc2n1Cc1ccccc1. The quantitative estimate of drug-likeness (QED) is 0.440. The lowest BCUT2D eigenvalue weighted by atomic mass is 10.1. The van der Waals surface area contributed by atoms with Gasteiger partial charge in [-0.05, 0) is 46.1 Å². The number of fused-ring (bicyclic) bond motifs is 1. The van der Waals surface area contributed by atoms with Gasteiger partial charge >= 0.3 is 0 Å². The van der Waals surface area contributed by atoms with Gasteiger partial charge in [-0.15, -0.1) is 0 Å². The molecule has 1 aromatic heterocycles. The molecule has 0 aliphatic heterocycles. The number of aromatic nitrogens is 2. The van der Waals surface area contributed by atoms with Crippen molar-refractivity contribution in [1.82, 2.24) is 9.55 Å². The fourth-order valence-corrected chi connectivity index (χ4v) is 3.51. The first-order chi connectivity index (χ1) is 11.7. The van der Waals surface area contributed by atoms with Gasteiger partial charge in [0.15, 0.2) is 0 Å². The lowest BCUT2D eigenvalue weighted by Crippen LogP contribution is -2.02. The molecule has 0 N–H and O–H groups in total. The van der Waals surface area contributed by atoms with Crippen molar-refractivity contribution in [2.75, 3.05) is 0 Å². The van der Waals surface area contributed by atoms with Crippen LogP contribution < -0.4 is 0 Å². The summed E-state index contributed by atoms with van der Waals surface area (Å²) in [5.74, 6) is 1.01. The molecule has 0 fully saturated rings. The van der Waals surface area contributed by atoms with E-state index in [0.29, 0.717) is 0 Å². The lowest BCUT2D eigenvalue weighted by molar-refractivity contribution is 0.833. The predicted molar refractivity (Wildman–Crippen MR) is 103 cm³/mol. The molecule has 0 aliphatic rings.